The fourth-order valence-electron chi connectivity index (χ4n) is 7.24. The van der Waals surface area contributed by atoms with E-state index in [-0.39, 0.29) is 24.0 Å². The SMILES string of the molecule is CN1CC2(C=O)C3CC4OCC3C1C2C41C(=O)Nc2ccccc21. The Balaban J connectivity index is 1.69. The van der Waals surface area contributed by atoms with Gasteiger partial charge in [-0.3, -0.25) is 4.79 Å². The van der Waals surface area contributed by atoms with Gasteiger partial charge in [-0.05, 0) is 31.0 Å². The number of amides is 1. The van der Waals surface area contributed by atoms with Crippen molar-refractivity contribution in [2.24, 2.45) is 23.2 Å². The minimum atomic E-state index is -0.714. The number of rotatable bonds is 1. The van der Waals surface area contributed by atoms with Gasteiger partial charge in [-0.2, -0.15) is 0 Å². The normalized spacial score (nSPS) is 50.4. The largest absolute Gasteiger partial charge is 0.376 e. The number of hydrogen-bond donors (Lipinski definition) is 1. The molecule has 5 bridgehead atoms. The lowest BCUT2D eigenvalue weighted by Gasteiger charge is -2.53. The number of nitrogens with one attached hydrogen (secondary N) is 1. The zero-order valence-corrected chi connectivity index (χ0v) is 13.6. The van der Waals surface area contributed by atoms with Gasteiger partial charge < -0.3 is 19.7 Å². The molecule has 1 aromatic rings. The first-order valence-corrected chi connectivity index (χ1v) is 8.83. The van der Waals surface area contributed by atoms with E-state index in [0.29, 0.717) is 18.4 Å². The van der Waals surface area contributed by atoms with Gasteiger partial charge in [0.1, 0.15) is 11.7 Å². The van der Waals surface area contributed by atoms with Crippen LogP contribution in [0.5, 0.6) is 0 Å². The molecule has 4 fully saturated rings. The molecule has 124 valence electrons. The van der Waals surface area contributed by atoms with Crippen molar-refractivity contribution in [2.45, 2.75) is 24.0 Å². The Bertz CT molecular complexity index is 795. The predicted octanol–water partition coefficient (Wildman–Crippen LogP) is 1.04. The van der Waals surface area contributed by atoms with E-state index in [1.165, 1.54) is 6.29 Å². The van der Waals surface area contributed by atoms with E-state index in [2.05, 4.69) is 23.3 Å². The third kappa shape index (κ3) is 1.11. The highest BCUT2D eigenvalue weighted by molar-refractivity contribution is 6.08. The third-order valence-corrected chi connectivity index (χ3v) is 7.77. The number of piperidine rings is 1. The summed E-state index contributed by atoms with van der Waals surface area (Å²) in [5.74, 6) is 0.792. The van der Waals surface area contributed by atoms with Crippen LogP contribution in [-0.4, -0.2) is 49.4 Å². The molecule has 1 N–H and O–H groups in total. The molecule has 1 aromatic carbocycles. The van der Waals surface area contributed by atoms with Crippen molar-refractivity contribution < 1.29 is 14.3 Å². The van der Waals surface area contributed by atoms with Crippen molar-refractivity contribution in [3.05, 3.63) is 29.8 Å². The molecule has 6 rings (SSSR count). The second kappa shape index (κ2) is 3.92. The first-order valence-electron chi connectivity index (χ1n) is 8.83. The number of carbonyl (C=O) groups is 2. The van der Waals surface area contributed by atoms with Crippen molar-refractivity contribution in [3.8, 4) is 0 Å². The molecule has 7 atom stereocenters. The Morgan fingerprint density at radius 2 is 2.21 bits per heavy atom. The number of fused-ring (bicyclic) bond motifs is 5. The van der Waals surface area contributed by atoms with Crippen LogP contribution in [0.4, 0.5) is 5.69 Å². The summed E-state index contributed by atoms with van der Waals surface area (Å²) in [6, 6.07) is 8.22. The lowest BCUT2D eigenvalue weighted by atomic mass is 9.52. The summed E-state index contributed by atoms with van der Waals surface area (Å²) in [7, 11) is 2.10. The summed E-state index contributed by atoms with van der Waals surface area (Å²) in [5.41, 5.74) is 0.814. The number of para-hydroxylation sites is 1. The summed E-state index contributed by atoms with van der Waals surface area (Å²) in [6.45, 7) is 1.45. The van der Waals surface area contributed by atoms with Crippen molar-refractivity contribution >= 4 is 17.9 Å². The highest BCUT2D eigenvalue weighted by Gasteiger charge is 2.80. The number of ether oxygens (including phenoxy) is 1. The van der Waals surface area contributed by atoms with E-state index in [1.807, 2.05) is 18.2 Å². The van der Waals surface area contributed by atoms with Gasteiger partial charge in [0.25, 0.3) is 0 Å². The van der Waals surface area contributed by atoms with Crippen LogP contribution in [0.2, 0.25) is 0 Å². The Labute approximate surface area is 140 Å². The highest BCUT2D eigenvalue weighted by atomic mass is 16.5. The maximum absolute atomic E-state index is 13.3. The Kier molecular flexibility index (Phi) is 2.21. The summed E-state index contributed by atoms with van der Waals surface area (Å²) < 4.78 is 6.25. The fourth-order valence-corrected chi connectivity index (χ4v) is 7.24. The Hall–Kier alpha value is -1.72. The summed E-state index contributed by atoms with van der Waals surface area (Å²) in [5, 5.41) is 3.10. The Morgan fingerprint density at radius 3 is 3.04 bits per heavy atom. The molecule has 24 heavy (non-hydrogen) atoms. The molecule has 3 aliphatic heterocycles. The molecule has 5 aliphatic rings. The number of benzene rings is 1. The first kappa shape index (κ1) is 13.6. The highest BCUT2D eigenvalue weighted by Crippen LogP contribution is 2.72. The number of anilines is 1. The van der Waals surface area contributed by atoms with Gasteiger partial charge >= 0.3 is 0 Å². The predicted molar refractivity (Wildman–Crippen MR) is 86.5 cm³/mol. The van der Waals surface area contributed by atoms with Gasteiger partial charge in [0.2, 0.25) is 5.91 Å². The van der Waals surface area contributed by atoms with Gasteiger partial charge in [0, 0.05) is 35.5 Å². The molecule has 7 unspecified atom stereocenters. The van der Waals surface area contributed by atoms with Crippen LogP contribution in [0.15, 0.2) is 24.3 Å². The molecule has 2 saturated heterocycles. The van der Waals surface area contributed by atoms with Crippen molar-refractivity contribution in [2.75, 3.05) is 25.5 Å². The number of likely N-dealkylation sites (tertiary alicyclic amines) is 1. The number of hydrogen-bond acceptors (Lipinski definition) is 4. The van der Waals surface area contributed by atoms with Crippen LogP contribution in [-0.2, 0) is 19.7 Å². The van der Waals surface area contributed by atoms with Gasteiger partial charge in [0.15, 0.2) is 0 Å². The average molecular weight is 324 g/mol. The van der Waals surface area contributed by atoms with Crippen molar-refractivity contribution in [1.82, 2.24) is 4.90 Å². The minimum Gasteiger partial charge on any atom is -0.376 e. The first-order chi connectivity index (χ1) is 11.6. The van der Waals surface area contributed by atoms with Gasteiger partial charge in [0.05, 0.1) is 12.7 Å². The molecule has 5 nitrogen and oxygen atoms in total. The van der Waals surface area contributed by atoms with E-state index in [4.69, 9.17) is 4.74 Å². The van der Waals surface area contributed by atoms with Crippen LogP contribution in [0.1, 0.15) is 12.0 Å². The smallest absolute Gasteiger partial charge is 0.238 e. The monoisotopic (exact) mass is 324 g/mol. The van der Waals surface area contributed by atoms with Crippen molar-refractivity contribution in [1.29, 1.82) is 0 Å². The van der Waals surface area contributed by atoms with E-state index >= 15 is 0 Å². The van der Waals surface area contributed by atoms with E-state index in [0.717, 1.165) is 24.2 Å². The van der Waals surface area contributed by atoms with E-state index in [1.54, 1.807) is 0 Å². The number of carbonyl (C=O) groups excluding carboxylic acids is 2. The standard InChI is InChI=1S/C19H20N2O3/c1-21-8-18(9-22)12-6-14-19(16(18)15(21)10(12)7-24-14)11-4-2-3-5-13(11)20-17(19)23/h2-5,9-10,12,14-16H,6-8H2,1H3,(H,20,23). The molecule has 0 aromatic heterocycles. The van der Waals surface area contributed by atoms with Gasteiger partial charge in [-0.1, -0.05) is 18.2 Å². The lowest BCUT2D eigenvalue weighted by Crippen LogP contribution is -2.63. The Morgan fingerprint density at radius 1 is 1.38 bits per heavy atom. The van der Waals surface area contributed by atoms with Gasteiger partial charge in [-0.15, -0.1) is 0 Å². The second-order valence-electron chi connectivity index (χ2n) is 8.31. The lowest BCUT2D eigenvalue weighted by molar-refractivity contribution is -0.163. The third-order valence-electron chi connectivity index (χ3n) is 7.77. The number of aldehydes is 1. The van der Waals surface area contributed by atoms with Crippen molar-refractivity contribution in [3.63, 3.8) is 0 Å². The van der Waals surface area contributed by atoms with Crippen LogP contribution < -0.4 is 5.32 Å². The topological polar surface area (TPSA) is 58.6 Å². The maximum Gasteiger partial charge on any atom is 0.238 e. The summed E-state index contributed by atoms with van der Waals surface area (Å²) in [6.07, 6.45) is 1.90. The number of nitrogens with zero attached hydrogens (tertiary/aromatic N) is 1. The summed E-state index contributed by atoms with van der Waals surface area (Å²) >= 11 is 0. The molecule has 1 amide bonds. The molecule has 2 saturated carbocycles. The van der Waals surface area contributed by atoms with Crippen LogP contribution in [0.3, 0.4) is 0 Å². The molecular weight excluding hydrogens is 304 g/mol. The summed E-state index contributed by atoms with van der Waals surface area (Å²) in [4.78, 5) is 28.0. The van der Waals surface area contributed by atoms with Gasteiger partial charge in [-0.25, -0.2) is 0 Å². The van der Waals surface area contributed by atoms with Crippen LogP contribution in [0, 0.1) is 23.2 Å². The fraction of sp³-hybridized carbons (Fsp3) is 0.579. The van der Waals surface area contributed by atoms with Crippen LogP contribution in [0.25, 0.3) is 0 Å². The zero-order chi connectivity index (χ0) is 16.3. The molecule has 2 aliphatic carbocycles. The average Bonchev–Trinajstić information content (AvgIpc) is 3.08. The van der Waals surface area contributed by atoms with Crippen LogP contribution >= 0.6 is 0 Å². The van der Waals surface area contributed by atoms with E-state index in [9.17, 15) is 9.59 Å². The zero-order valence-electron chi connectivity index (χ0n) is 13.6. The quantitative estimate of drug-likeness (QED) is 0.784. The molecule has 1 spiro atoms. The minimum absolute atomic E-state index is 0.0207. The molecule has 3 heterocycles. The maximum atomic E-state index is 13.3. The molecular formula is C19H20N2O3. The second-order valence-corrected chi connectivity index (χ2v) is 8.31. The molecule has 0 radical (unpaired) electrons. The molecule has 5 heteroatoms. The van der Waals surface area contributed by atoms with E-state index < -0.39 is 10.8 Å².